The monoisotopic (exact) mass is 398 g/mol. The Bertz CT molecular complexity index is 832. The second-order valence-electron chi connectivity index (χ2n) is 6.84. The largest absolute Gasteiger partial charge is 0.493 e. The molecule has 1 aliphatic rings. The van der Waals surface area contributed by atoms with E-state index in [1.807, 2.05) is 42.5 Å². The molecule has 0 unspecified atom stereocenters. The first-order chi connectivity index (χ1) is 14.1. The van der Waals surface area contributed by atoms with Gasteiger partial charge in [-0.2, -0.15) is 5.10 Å². The number of carbonyl (C=O) groups excluding carboxylic acids is 1. The van der Waals surface area contributed by atoms with Crippen LogP contribution in [-0.2, 0) is 20.9 Å². The van der Waals surface area contributed by atoms with Gasteiger partial charge in [0.15, 0.2) is 17.3 Å². The van der Waals surface area contributed by atoms with E-state index in [-0.39, 0.29) is 12.3 Å². The van der Waals surface area contributed by atoms with E-state index in [2.05, 4.69) is 10.5 Å². The van der Waals surface area contributed by atoms with Gasteiger partial charge < -0.3 is 18.9 Å². The average molecular weight is 398 g/mol. The fourth-order valence-electron chi connectivity index (χ4n) is 2.91. The molecule has 1 saturated heterocycles. The Balaban J connectivity index is 1.54. The number of amides is 1. The highest BCUT2D eigenvalue weighted by atomic mass is 16.7. The summed E-state index contributed by atoms with van der Waals surface area (Å²) in [5.74, 6) is 0.0592. The van der Waals surface area contributed by atoms with Crippen LogP contribution in [0.5, 0.6) is 11.5 Å². The summed E-state index contributed by atoms with van der Waals surface area (Å²) in [6, 6.07) is 15.4. The summed E-state index contributed by atoms with van der Waals surface area (Å²) in [5, 5.41) is 4.00. The van der Waals surface area contributed by atoms with E-state index in [0.717, 1.165) is 17.5 Å². The van der Waals surface area contributed by atoms with E-state index in [0.29, 0.717) is 31.3 Å². The molecule has 29 heavy (non-hydrogen) atoms. The molecule has 2 aromatic carbocycles. The van der Waals surface area contributed by atoms with Gasteiger partial charge in [-0.15, -0.1) is 0 Å². The van der Waals surface area contributed by atoms with Crippen molar-refractivity contribution in [1.82, 2.24) is 5.43 Å². The highest BCUT2D eigenvalue weighted by Crippen LogP contribution is 2.28. The highest BCUT2D eigenvalue weighted by Gasteiger charge is 2.31. The Hall–Kier alpha value is -2.90. The maximum atomic E-state index is 12.1. The van der Waals surface area contributed by atoms with E-state index >= 15 is 0 Å². The Morgan fingerprint density at radius 2 is 1.93 bits per heavy atom. The minimum Gasteiger partial charge on any atom is -0.493 e. The van der Waals surface area contributed by atoms with Crippen molar-refractivity contribution in [3.8, 4) is 11.5 Å². The maximum Gasteiger partial charge on any atom is 0.245 e. The molecule has 2 aromatic rings. The average Bonchev–Trinajstić information content (AvgIpc) is 2.73. The maximum absolute atomic E-state index is 12.1. The van der Waals surface area contributed by atoms with Crippen LogP contribution in [0.25, 0.3) is 0 Å². The number of hydrogen-bond donors (Lipinski definition) is 1. The van der Waals surface area contributed by atoms with Crippen LogP contribution in [0.1, 0.15) is 30.9 Å². The summed E-state index contributed by atoms with van der Waals surface area (Å²) in [7, 11) is 1.58. The van der Waals surface area contributed by atoms with Gasteiger partial charge in [0.05, 0.1) is 33.0 Å². The van der Waals surface area contributed by atoms with Crippen LogP contribution in [0.4, 0.5) is 0 Å². The van der Waals surface area contributed by atoms with E-state index in [1.165, 1.54) is 0 Å². The SMILES string of the molecule is COc1cc(C=NNC(=O)CC2(C)OCCCO2)ccc1OCc1ccccc1. The number of nitrogens with one attached hydrogen (secondary N) is 1. The van der Waals surface area contributed by atoms with Crippen molar-refractivity contribution >= 4 is 12.1 Å². The second-order valence-corrected chi connectivity index (χ2v) is 6.84. The normalized spacial score (nSPS) is 15.8. The van der Waals surface area contributed by atoms with Crippen molar-refractivity contribution in [3.63, 3.8) is 0 Å². The van der Waals surface area contributed by atoms with Crippen molar-refractivity contribution in [2.24, 2.45) is 5.10 Å². The first-order valence-electron chi connectivity index (χ1n) is 9.52. The zero-order valence-electron chi connectivity index (χ0n) is 16.7. The van der Waals surface area contributed by atoms with E-state index < -0.39 is 5.79 Å². The predicted octanol–water partition coefficient (Wildman–Crippen LogP) is 3.27. The van der Waals surface area contributed by atoms with Gasteiger partial charge in [0.1, 0.15) is 6.61 Å². The number of rotatable bonds is 8. The molecule has 1 N–H and O–H groups in total. The van der Waals surface area contributed by atoms with Gasteiger partial charge in [-0.1, -0.05) is 30.3 Å². The quantitative estimate of drug-likeness (QED) is 0.545. The Kier molecular flexibility index (Phi) is 7.21. The first-order valence-corrected chi connectivity index (χ1v) is 9.52. The molecule has 0 atom stereocenters. The van der Waals surface area contributed by atoms with Crippen molar-refractivity contribution < 1.29 is 23.7 Å². The van der Waals surface area contributed by atoms with Crippen LogP contribution >= 0.6 is 0 Å². The third-order valence-corrected chi connectivity index (χ3v) is 4.41. The number of benzene rings is 2. The minimum atomic E-state index is -0.890. The molecular formula is C22H26N2O5. The Labute approximate surface area is 170 Å². The van der Waals surface area contributed by atoms with E-state index in [1.54, 1.807) is 26.3 Å². The molecule has 1 fully saturated rings. The first kappa shape index (κ1) is 20.8. The van der Waals surface area contributed by atoms with Crippen molar-refractivity contribution in [3.05, 3.63) is 59.7 Å². The smallest absolute Gasteiger partial charge is 0.245 e. The van der Waals surface area contributed by atoms with Gasteiger partial charge in [-0.3, -0.25) is 4.79 Å². The van der Waals surface area contributed by atoms with Gasteiger partial charge in [0.2, 0.25) is 5.91 Å². The number of methoxy groups -OCH3 is 1. The summed E-state index contributed by atoms with van der Waals surface area (Å²) in [6.07, 6.45) is 2.47. The molecule has 0 radical (unpaired) electrons. The summed E-state index contributed by atoms with van der Waals surface area (Å²) in [5.41, 5.74) is 4.34. The molecule has 0 aromatic heterocycles. The summed E-state index contributed by atoms with van der Waals surface area (Å²) in [4.78, 5) is 12.1. The Morgan fingerprint density at radius 1 is 1.17 bits per heavy atom. The molecule has 154 valence electrons. The number of hydrogen-bond acceptors (Lipinski definition) is 6. The van der Waals surface area contributed by atoms with Crippen LogP contribution in [0, 0.1) is 0 Å². The lowest BCUT2D eigenvalue weighted by atomic mass is 10.2. The third kappa shape index (κ3) is 6.30. The molecule has 1 aliphatic heterocycles. The minimum absolute atomic E-state index is 0.0833. The van der Waals surface area contributed by atoms with Gasteiger partial charge in [-0.25, -0.2) is 5.43 Å². The fourth-order valence-corrected chi connectivity index (χ4v) is 2.91. The lowest BCUT2D eigenvalue weighted by molar-refractivity contribution is -0.256. The van der Waals surface area contributed by atoms with Crippen LogP contribution in [-0.4, -0.2) is 38.2 Å². The van der Waals surface area contributed by atoms with Crippen LogP contribution in [0.3, 0.4) is 0 Å². The zero-order valence-corrected chi connectivity index (χ0v) is 16.7. The fraction of sp³-hybridized carbons (Fsp3) is 0.364. The summed E-state index contributed by atoms with van der Waals surface area (Å²) >= 11 is 0. The highest BCUT2D eigenvalue weighted by molar-refractivity contribution is 5.83. The number of ether oxygens (including phenoxy) is 4. The molecule has 0 saturated carbocycles. The van der Waals surface area contributed by atoms with Gasteiger partial charge >= 0.3 is 0 Å². The van der Waals surface area contributed by atoms with Gasteiger partial charge in [0, 0.05) is 0 Å². The van der Waals surface area contributed by atoms with Gasteiger partial charge in [0.25, 0.3) is 0 Å². The van der Waals surface area contributed by atoms with Crippen LogP contribution in [0.15, 0.2) is 53.6 Å². The molecular weight excluding hydrogens is 372 g/mol. The standard InChI is InChI=1S/C22H26N2O5/c1-22(28-11-6-12-29-22)14-21(25)24-23-15-18-9-10-19(20(13-18)26-2)27-16-17-7-4-3-5-8-17/h3-5,7-10,13,15H,6,11-12,14,16H2,1-2H3,(H,24,25). The molecule has 3 rings (SSSR count). The zero-order chi connectivity index (χ0) is 20.5. The predicted molar refractivity (Wildman–Crippen MR) is 109 cm³/mol. The van der Waals surface area contributed by atoms with Crippen molar-refractivity contribution in [2.75, 3.05) is 20.3 Å². The lowest BCUT2D eigenvalue weighted by Gasteiger charge is -2.33. The molecule has 7 heteroatoms. The van der Waals surface area contributed by atoms with Crippen molar-refractivity contribution in [1.29, 1.82) is 0 Å². The number of hydrazone groups is 1. The van der Waals surface area contributed by atoms with Gasteiger partial charge in [-0.05, 0) is 42.7 Å². The topological polar surface area (TPSA) is 78.4 Å². The summed E-state index contributed by atoms with van der Waals surface area (Å²) < 4.78 is 22.3. The number of nitrogens with zero attached hydrogens (tertiary/aromatic N) is 1. The number of carbonyl (C=O) groups is 1. The molecule has 1 heterocycles. The molecule has 1 amide bonds. The van der Waals surface area contributed by atoms with Crippen LogP contribution < -0.4 is 14.9 Å². The van der Waals surface area contributed by atoms with Crippen molar-refractivity contribution in [2.45, 2.75) is 32.2 Å². The Morgan fingerprint density at radius 3 is 2.66 bits per heavy atom. The molecule has 7 nitrogen and oxygen atoms in total. The lowest BCUT2D eigenvalue weighted by Crippen LogP contribution is -2.41. The van der Waals surface area contributed by atoms with Crippen LogP contribution in [0.2, 0.25) is 0 Å². The molecule has 0 spiro atoms. The summed E-state index contributed by atoms with van der Waals surface area (Å²) in [6.45, 7) is 3.38. The van der Waals surface area contributed by atoms with E-state index in [9.17, 15) is 4.79 Å². The third-order valence-electron chi connectivity index (χ3n) is 4.41. The van der Waals surface area contributed by atoms with E-state index in [4.69, 9.17) is 18.9 Å². The molecule has 0 bridgehead atoms. The molecule has 0 aliphatic carbocycles. The second kappa shape index (κ2) is 10.0.